The number of benzene rings is 2. The van der Waals surface area contributed by atoms with E-state index in [2.05, 4.69) is 0 Å². The second-order valence-corrected chi connectivity index (χ2v) is 6.73. The van der Waals surface area contributed by atoms with Gasteiger partial charge in [-0.1, -0.05) is 48.6 Å². The third-order valence-corrected chi connectivity index (χ3v) is 4.76. The lowest BCUT2D eigenvalue weighted by atomic mass is 9.81. The average molecular weight is 348 g/mol. The molecule has 2 atom stereocenters. The molecule has 4 nitrogen and oxygen atoms in total. The van der Waals surface area contributed by atoms with Gasteiger partial charge in [-0.2, -0.15) is 0 Å². The van der Waals surface area contributed by atoms with Crippen molar-refractivity contribution in [1.82, 2.24) is 4.90 Å². The average Bonchev–Trinajstić information content (AvgIpc) is 2.69. The zero-order valence-electron chi connectivity index (χ0n) is 15.2. The van der Waals surface area contributed by atoms with Gasteiger partial charge in [-0.05, 0) is 37.1 Å². The Hall–Kier alpha value is -2.88. The van der Waals surface area contributed by atoms with E-state index < -0.39 is 0 Å². The Kier molecular flexibility index (Phi) is 5.52. The predicted molar refractivity (Wildman–Crippen MR) is 104 cm³/mol. The lowest BCUT2D eigenvalue weighted by Crippen LogP contribution is -2.43. The van der Waals surface area contributed by atoms with Crippen molar-refractivity contribution in [2.45, 2.75) is 12.8 Å². The number of anilines is 2. The normalized spacial score (nSPS) is 19.0. The Morgan fingerprint density at radius 2 is 1.15 bits per heavy atom. The number of allylic oxidation sites excluding steroid dienone is 2. The number of carbonyl (C=O) groups excluding carboxylic acids is 2. The van der Waals surface area contributed by atoms with Gasteiger partial charge in [0.15, 0.2) is 0 Å². The standard InChI is InChI=1S/C22H24N2O2/c1-23(2)21(25)19-15-9-10-16-20(19)22(26)24(17-11-5-3-6-12-17)18-13-7-4-8-14-18/h3-14,19-20H,15-16H2,1-2H3. The van der Waals surface area contributed by atoms with Gasteiger partial charge in [0, 0.05) is 25.5 Å². The monoisotopic (exact) mass is 348 g/mol. The van der Waals surface area contributed by atoms with Crippen LogP contribution >= 0.6 is 0 Å². The van der Waals surface area contributed by atoms with E-state index in [9.17, 15) is 9.59 Å². The molecule has 0 N–H and O–H groups in total. The van der Waals surface area contributed by atoms with Crippen LogP contribution in [0.15, 0.2) is 72.8 Å². The summed E-state index contributed by atoms with van der Waals surface area (Å²) >= 11 is 0. The maximum absolute atomic E-state index is 13.6. The topological polar surface area (TPSA) is 40.6 Å². The lowest BCUT2D eigenvalue weighted by molar-refractivity contribution is -0.139. The highest BCUT2D eigenvalue weighted by Gasteiger charge is 2.37. The van der Waals surface area contributed by atoms with Crippen LogP contribution in [0.1, 0.15) is 12.8 Å². The summed E-state index contributed by atoms with van der Waals surface area (Å²) < 4.78 is 0. The molecule has 0 fully saturated rings. The molecule has 2 aromatic carbocycles. The van der Waals surface area contributed by atoms with Crippen LogP contribution in [0.3, 0.4) is 0 Å². The minimum absolute atomic E-state index is 0.00812. The van der Waals surface area contributed by atoms with E-state index in [0.717, 1.165) is 11.4 Å². The molecule has 3 rings (SSSR count). The molecule has 0 bridgehead atoms. The van der Waals surface area contributed by atoms with Crippen LogP contribution in [-0.2, 0) is 9.59 Å². The Balaban J connectivity index is 1.99. The van der Waals surface area contributed by atoms with Crippen LogP contribution in [0.4, 0.5) is 11.4 Å². The summed E-state index contributed by atoms with van der Waals surface area (Å²) in [5.41, 5.74) is 1.63. The molecule has 1 aliphatic rings. The number of carbonyl (C=O) groups is 2. The van der Waals surface area contributed by atoms with E-state index in [4.69, 9.17) is 0 Å². The molecule has 0 aliphatic heterocycles. The van der Waals surface area contributed by atoms with E-state index >= 15 is 0 Å². The summed E-state index contributed by atoms with van der Waals surface area (Å²) in [6, 6.07) is 19.2. The first kappa shape index (κ1) is 17.9. The largest absolute Gasteiger partial charge is 0.349 e. The van der Waals surface area contributed by atoms with Crippen LogP contribution in [0.25, 0.3) is 0 Å². The quantitative estimate of drug-likeness (QED) is 0.783. The number of para-hydroxylation sites is 2. The summed E-state index contributed by atoms with van der Waals surface area (Å²) in [4.78, 5) is 29.5. The van der Waals surface area contributed by atoms with Crippen LogP contribution in [0.5, 0.6) is 0 Å². The second kappa shape index (κ2) is 8.00. The zero-order valence-corrected chi connectivity index (χ0v) is 15.2. The van der Waals surface area contributed by atoms with E-state index in [-0.39, 0.29) is 23.7 Å². The minimum atomic E-state index is -0.365. The van der Waals surface area contributed by atoms with Crippen molar-refractivity contribution < 1.29 is 9.59 Å². The van der Waals surface area contributed by atoms with Crippen molar-refractivity contribution in [1.29, 1.82) is 0 Å². The van der Waals surface area contributed by atoms with Crippen molar-refractivity contribution >= 4 is 23.2 Å². The van der Waals surface area contributed by atoms with Gasteiger partial charge < -0.3 is 4.90 Å². The third kappa shape index (κ3) is 3.69. The molecule has 2 amide bonds. The molecule has 0 radical (unpaired) electrons. The third-order valence-electron chi connectivity index (χ3n) is 4.76. The van der Waals surface area contributed by atoms with Crippen LogP contribution in [0, 0.1) is 11.8 Å². The van der Waals surface area contributed by atoms with Crippen LogP contribution in [-0.4, -0.2) is 30.8 Å². The molecular formula is C22H24N2O2. The number of hydrogen-bond acceptors (Lipinski definition) is 2. The molecule has 0 saturated heterocycles. The van der Waals surface area contributed by atoms with Crippen molar-refractivity contribution in [3.63, 3.8) is 0 Å². The molecule has 0 saturated carbocycles. The smallest absolute Gasteiger partial charge is 0.235 e. The van der Waals surface area contributed by atoms with Crippen molar-refractivity contribution in [2.24, 2.45) is 11.8 Å². The Morgan fingerprint density at radius 1 is 0.731 bits per heavy atom. The fourth-order valence-corrected chi connectivity index (χ4v) is 3.42. The first-order chi connectivity index (χ1) is 12.6. The van der Waals surface area contributed by atoms with Crippen molar-refractivity contribution in [3.8, 4) is 0 Å². The maximum Gasteiger partial charge on any atom is 0.235 e. The Morgan fingerprint density at radius 3 is 1.58 bits per heavy atom. The van der Waals surface area contributed by atoms with Crippen LogP contribution < -0.4 is 4.90 Å². The number of hydrogen-bond donors (Lipinski definition) is 0. The van der Waals surface area contributed by atoms with Crippen molar-refractivity contribution in [2.75, 3.05) is 19.0 Å². The molecule has 26 heavy (non-hydrogen) atoms. The van der Waals surface area contributed by atoms with Crippen molar-refractivity contribution in [3.05, 3.63) is 72.8 Å². The Labute approximate surface area is 154 Å². The number of nitrogens with zero attached hydrogens (tertiary/aromatic N) is 2. The van der Waals surface area contributed by atoms with E-state index in [1.165, 1.54) is 0 Å². The summed E-state index contributed by atoms with van der Waals surface area (Å²) in [5.74, 6) is -0.714. The predicted octanol–water partition coefficient (Wildman–Crippen LogP) is 4.02. The van der Waals surface area contributed by atoms with E-state index in [1.807, 2.05) is 72.8 Å². The van der Waals surface area contributed by atoms with Gasteiger partial charge in [-0.25, -0.2) is 0 Å². The molecule has 4 heteroatoms. The zero-order chi connectivity index (χ0) is 18.5. The first-order valence-electron chi connectivity index (χ1n) is 8.90. The second-order valence-electron chi connectivity index (χ2n) is 6.73. The molecule has 0 heterocycles. The highest BCUT2D eigenvalue weighted by Crippen LogP contribution is 2.34. The molecule has 2 aromatic rings. The lowest BCUT2D eigenvalue weighted by Gasteiger charge is -2.33. The number of rotatable bonds is 4. The fourth-order valence-electron chi connectivity index (χ4n) is 3.42. The molecule has 2 unspecified atom stereocenters. The molecule has 134 valence electrons. The maximum atomic E-state index is 13.6. The van der Waals surface area contributed by atoms with E-state index in [1.54, 1.807) is 23.9 Å². The van der Waals surface area contributed by atoms with Gasteiger partial charge in [0.2, 0.25) is 11.8 Å². The first-order valence-corrected chi connectivity index (χ1v) is 8.90. The van der Waals surface area contributed by atoms with E-state index in [0.29, 0.717) is 12.8 Å². The number of amides is 2. The summed E-state index contributed by atoms with van der Waals surface area (Å²) in [7, 11) is 3.49. The molecule has 1 aliphatic carbocycles. The fraction of sp³-hybridized carbons (Fsp3) is 0.273. The van der Waals surface area contributed by atoms with Crippen LogP contribution in [0.2, 0.25) is 0 Å². The summed E-state index contributed by atoms with van der Waals surface area (Å²) in [5, 5.41) is 0. The van der Waals surface area contributed by atoms with Gasteiger partial charge in [0.1, 0.15) is 0 Å². The van der Waals surface area contributed by atoms with Gasteiger partial charge in [0.25, 0.3) is 0 Å². The van der Waals surface area contributed by atoms with Gasteiger partial charge in [0.05, 0.1) is 11.8 Å². The highest BCUT2D eigenvalue weighted by atomic mass is 16.2. The summed E-state index contributed by atoms with van der Waals surface area (Å²) in [6.07, 6.45) is 5.20. The Bertz CT molecular complexity index is 745. The van der Waals surface area contributed by atoms with Gasteiger partial charge >= 0.3 is 0 Å². The highest BCUT2D eigenvalue weighted by molar-refractivity contribution is 6.03. The molecule has 0 spiro atoms. The van der Waals surface area contributed by atoms with Gasteiger partial charge in [-0.15, -0.1) is 0 Å². The minimum Gasteiger partial charge on any atom is -0.349 e. The molecular weight excluding hydrogens is 324 g/mol. The van der Waals surface area contributed by atoms with Gasteiger partial charge in [-0.3, -0.25) is 14.5 Å². The molecule has 0 aromatic heterocycles. The SMILES string of the molecule is CN(C)C(=O)C1CC=CCC1C(=O)N(c1ccccc1)c1ccccc1. The summed E-state index contributed by atoms with van der Waals surface area (Å²) in [6.45, 7) is 0.